The van der Waals surface area contributed by atoms with E-state index in [1.165, 1.54) is 0 Å². The summed E-state index contributed by atoms with van der Waals surface area (Å²) < 4.78 is 0. The van der Waals surface area contributed by atoms with Crippen LogP contribution in [0.5, 0.6) is 0 Å². The largest absolute Gasteiger partial charge is 3.00 e. The fraction of sp³-hybridized carbons (Fsp3) is 0. The van der Waals surface area contributed by atoms with Crippen molar-refractivity contribution >= 4 is 24.6 Å². The van der Waals surface area contributed by atoms with Gasteiger partial charge in [-0.3, -0.25) is 0 Å². The zero-order chi connectivity index (χ0) is 14.3. The van der Waals surface area contributed by atoms with E-state index < -0.39 is 24.6 Å². The molecule has 0 aromatic heterocycles. The van der Waals surface area contributed by atoms with Gasteiger partial charge in [0.15, 0.2) is 0 Å². The Hall–Kier alpha value is -1.18. The molecule has 0 rings (SSSR count). The quantitative estimate of drug-likeness (QED) is 0.245. The van der Waals surface area contributed by atoms with Crippen molar-refractivity contribution in [2.75, 3.05) is 0 Å². The van der Waals surface area contributed by atoms with Gasteiger partial charge < -0.3 is 60.0 Å². The molecule has 0 bridgehead atoms. The zero-order valence-corrected chi connectivity index (χ0v) is 12.5. The summed E-state index contributed by atoms with van der Waals surface area (Å²) in [5, 5.41) is 61.2. The van der Waals surface area contributed by atoms with Crippen LogP contribution in [0.2, 0.25) is 0 Å². The molecule has 0 heterocycles. The van der Waals surface area contributed by atoms with E-state index in [1.54, 1.807) is 0 Å². The van der Waals surface area contributed by atoms with E-state index in [4.69, 9.17) is 60.0 Å². The van der Waals surface area contributed by atoms with Crippen LogP contribution in [0.3, 0.4) is 0 Å². The molecule has 0 aliphatic heterocycles. The van der Waals surface area contributed by atoms with E-state index in [0.717, 1.165) is 0 Å². The number of carbonyl (C=O) groups is 4. The summed E-state index contributed by atoms with van der Waals surface area (Å²) in [5.41, 5.74) is 0. The van der Waals surface area contributed by atoms with Gasteiger partial charge in [-0.1, -0.05) is 0 Å². The topological polar surface area (TPSA) is 241 Å². The van der Waals surface area contributed by atoms with Gasteiger partial charge >= 0.3 is 51.9 Å². The second-order valence-electron chi connectivity index (χ2n) is 1.06. The van der Waals surface area contributed by atoms with Crippen LogP contribution in [0.15, 0.2) is 0 Å². The van der Waals surface area contributed by atoms with Gasteiger partial charge in [-0.15, -0.1) is 0 Å². The first kappa shape index (κ1) is 36.0. The minimum absolute atomic E-state index is 0. The van der Waals surface area contributed by atoms with Gasteiger partial charge in [-0.2, -0.15) is 0 Å². The van der Waals surface area contributed by atoms with Crippen LogP contribution in [-0.2, 0) is 22.4 Å². The summed E-state index contributed by atoms with van der Waals surface area (Å²) in [4.78, 5) is 33.8. The summed E-state index contributed by atoms with van der Waals surface area (Å²) in [7, 11) is 0. The van der Waals surface area contributed by atoms with Gasteiger partial charge in [-0.05, 0) is 0 Å². The molecule has 12 nitrogen and oxygen atoms in total. The summed E-state index contributed by atoms with van der Waals surface area (Å²) in [6.45, 7) is 0. The number of rotatable bonds is 0. The van der Waals surface area contributed by atoms with Crippen LogP contribution in [0, 0.1) is 0 Å². The van der Waals surface area contributed by atoms with E-state index in [-0.39, 0.29) is 51.9 Å². The molecule has 0 fully saturated rings. The Morgan fingerprint density at radius 1 is 0.556 bits per heavy atom. The van der Waals surface area contributed by atoms with Crippen LogP contribution >= 0.6 is 0 Å². The molecule has 0 aromatic rings. The predicted molar refractivity (Wildman–Crippen MR) is 32.1 cm³/mol. The Bertz CT molecular complexity index is 164. The number of carboxylic acid groups (broad SMARTS) is 8. The first-order chi connectivity index (χ1) is 6.93. The van der Waals surface area contributed by atoms with E-state index >= 15 is 0 Å². The summed E-state index contributed by atoms with van der Waals surface area (Å²) in [6.07, 6.45) is -8.33. The average molecular weight is 464 g/mol. The first-order valence-corrected chi connectivity index (χ1v) is 2.53. The molecule has 0 unspecified atom stereocenters. The normalized spacial score (nSPS) is 5.33. The third-order valence-electron chi connectivity index (χ3n) is 0. The molecule has 18 heavy (non-hydrogen) atoms. The number of hydrogen-bond acceptors (Lipinski definition) is 8. The van der Waals surface area contributed by atoms with Crippen LogP contribution in [-0.4, -0.2) is 45.0 Å². The minimum atomic E-state index is -2.08. The van der Waals surface area contributed by atoms with Gasteiger partial charge in [0.1, 0.15) is 0 Å². The predicted octanol–water partition coefficient (Wildman–Crippen LogP) is -7.45. The SMILES string of the molecule is O=C([O-])O.O=C([O-])O.O=C([O-])O.O=C([O-])O.[Au+3].[Na+]. The molecule has 0 spiro atoms. The molecule has 104 valence electrons. The Balaban J connectivity index is -0.0000000257. The Morgan fingerprint density at radius 3 is 0.556 bits per heavy atom. The molecule has 0 saturated carbocycles. The van der Waals surface area contributed by atoms with Gasteiger partial charge in [0.25, 0.3) is 0 Å². The van der Waals surface area contributed by atoms with Gasteiger partial charge in [0, 0.05) is 0 Å². The summed E-state index contributed by atoms with van der Waals surface area (Å²) >= 11 is 0. The second kappa shape index (κ2) is 29.7. The van der Waals surface area contributed by atoms with E-state index in [1.807, 2.05) is 0 Å². The van der Waals surface area contributed by atoms with Crippen molar-refractivity contribution in [2.45, 2.75) is 0 Å². The van der Waals surface area contributed by atoms with Crippen LogP contribution in [0.4, 0.5) is 19.2 Å². The molecule has 0 saturated heterocycles. The third-order valence-corrected chi connectivity index (χ3v) is 0. The van der Waals surface area contributed by atoms with E-state index in [0.29, 0.717) is 0 Å². The van der Waals surface area contributed by atoms with Crippen molar-refractivity contribution in [2.24, 2.45) is 0 Å². The van der Waals surface area contributed by atoms with Crippen molar-refractivity contribution in [3.05, 3.63) is 0 Å². The fourth-order valence-electron chi connectivity index (χ4n) is 0. The fourth-order valence-corrected chi connectivity index (χ4v) is 0. The van der Waals surface area contributed by atoms with Gasteiger partial charge in [-0.25, -0.2) is 0 Å². The Kier molecular flexibility index (Phi) is 59.3. The van der Waals surface area contributed by atoms with Crippen molar-refractivity contribution in [1.82, 2.24) is 0 Å². The van der Waals surface area contributed by atoms with Crippen molar-refractivity contribution in [1.29, 1.82) is 0 Å². The van der Waals surface area contributed by atoms with Crippen LogP contribution in [0.1, 0.15) is 0 Å². The van der Waals surface area contributed by atoms with Crippen LogP contribution < -0.4 is 50.0 Å². The van der Waals surface area contributed by atoms with Crippen LogP contribution in [0.25, 0.3) is 0 Å². The first-order valence-electron chi connectivity index (χ1n) is 2.53. The van der Waals surface area contributed by atoms with Gasteiger partial charge in [0.2, 0.25) is 24.6 Å². The van der Waals surface area contributed by atoms with E-state index in [2.05, 4.69) is 0 Å². The Morgan fingerprint density at radius 2 is 0.556 bits per heavy atom. The standard InChI is InChI=1S/4CH2O3.Au.Na/c4*2-1(3)4;;/h4*(H2,2,3,4);;/q;;;;+3;+1/p-4. The summed E-state index contributed by atoms with van der Waals surface area (Å²) in [5.74, 6) is 0. The van der Waals surface area contributed by atoms with Crippen molar-refractivity contribution < 1.29 is 112 Å². The maximum absolute atomic E-state index is 8.44. The zero-order valence-electron chi connectivity index (χ0n) is 8.36. The number of hydrogen-bond donors (Lipinski definition) is 4. The smallest absolute Gasteiger partial charge is 0.565 e. The van der Waals surface area contributed by atoms with Gasteiger partial charge in [0.05, 0.1) is 0 Å². The molecular weight excluding hydrogens is 460 g/mol. The van der Waals surface area contributed by atoms with Crippen molar-refractivity contribution in [3.8, 4) is 0 Å². The maximum atomic E-state index is 8.44. The Labute approximate surface area is 136 Å². The molecule has 0 amide bonds. The summed E-state index contributed by atoms with van der Waals surface area (Å²) in [6, 6.07) is 0. The maximum Gasteiger partial charge on any atom is 3.00 e. The third kappa shape index (κ3) is 2030. The molecule has 0 atom stereocenters. The minimum Gasteiger partial charge on any atom is -0.565 e. The molecule has 14 heteroatoms. The molecule has 0 radical (unpaired) electrons. The molecular formula is C4H4AuNaO12. The monoisotopic (exact) mass is 464 g/mol. The second-order valence-corrected chi connectivity index (χ2v) is 1.06. The average Bonchev–Trinajstić information content (AvgIpc) is 1.76. The van der Waals surface area contributed by atoms with E-state index in [9.17, 15) is 0 Å². The van der Waals surface area contributed by atoms with Crippen molar-refractivity contribution in [3.63, 3.8) is 0 Å². The molecule has 0 aliphatic rings. The molecule has 0 aliphatic carbocycles. The molecule has 4 N–H and O–H groups in total. The molecule has 0 aromatic carbocycles.